The van der Waals surface area contributed by atoms with Gasteiger partial charge >= 0.3 is 0 Å². The van der Waals surface area contributed by atoms with Crippen molar-refractivity contribution in [2.45, 2.75) is 30.9 Å². The number of thioether (sulfide) groups is 1. The van der Waals surface area contributed by atoms with E-state index >= 15 is 0 Å². The van der Waals surface area contributed by atoms with Crippen LogP contribution in [0.4, 0.5) is 0 Å². The van der Waals surface area contributed by atoms with Crippen LogP contribution in [0.25, 0.3) is 0 Å². The summed E-state index contributed by atoms with van der Waals surface area (Å²) < 4.78 is 6.06. The Morgan fingerprint density at radius 2 is 2.37 bits per heavy atom. The number of hydrogen-bond acceptors (Lipinski definition) is 3. The summed E-state index contributed by atoms with van der Waals surface area (Å²) >= 11 is 8.07. The number of ether oxygens (including phenoxy) is 1. The van der Waals surface area contributed by atoms with Gasteiger partial charge in [-0.3, -0.25) is 0 Å². The van der Waals surface area contributed by atoms with Gasteiger partial charge in [0.15, 0.2) is 0 Å². The Labute approximate surface area is 124 Å². The molecular formula is C15H20ClNOS. The monoisotopic (exact) mass is 297 g/mol. The van der Waals surface area contributed by atoms with Crippen molar-refractivity contribution in [2.75, 3.05) is 18.1 Å². The van der Waals surface area contributed by atoms with Gasteiger partial charge in [-0.25, -0.2) is 0 Å². The lowest BCUT2D eigenvalue weighted by Gasteiger charge is -2.40. The second-order valence-electron chi connectivity index (χ2n) is 5.67. The van der Waals surface area contributed by atoms with E-state index in [1.165, 1.54) is 12.2 Å². The van der Waals surface area contributed by atoms with E-state index in [0.29, 0.717) is 5.92 Å². The Morgan fingerprint density at radius 1 is 1.47 bits per heavy atom. The first kappa shape index (κ1) is 13.7. The summed E-state index contributed by atoms with van der Waals surface area (Å²) in [4.78, 5) is 0. The predicted molar refractivity (Wildman–Crippen MR) is 81.7 cm³/mol. The number of hydrogen-bond donors (Lipinski definition) is 1. The maximum atomic E-state index is 6.47. The van der Waals surface area contributed by atoms with Crippen LogP contribution in [0, 0.1) is 5.92 Å². The fraction of sp³-hybridized carbons (Fsp3) is 0.600. The Kier molecular flexibility index (Phi) is 4.08. The molecule has 2 fully saturated rings. The highest BCUT2D eigenvalue weighted by molar-refractivity contribution is 7.99. The summed E-state index contributed by atoms with van der Waals surface area (Å²) in [7, 11) is 0. The zero-order valence-electron chi connectivity index (χ0n) is 11.0. The molecule has 4 heteroatoms. The van der Waals surface area contributed by atoms with Crippen LogP contribution in [0.2, 0.25) is 5.02 Å². The molecule has 0 aromatic heterocycles. The molecule has 2 aliphatic heterocycles. The molecule has 2 aliphatic rings. The number of rotatable bonds is 2. The largest absolute Gasteiger partial charge is 0.374 e. The molecule has 19 heavy (non-hydrogen) atoms. The number of halogens is 1. The van der Waals surface area contributed by atoms with Crippen molar-refractivity contribution < 1.29 is 4.74 Å². The predicted octanol–water partition coefficient (Wildman–Crippen LogP) is 3.64. The van der Waals surface area contributed by atoms with Crippen LogP contribution < -0.4 is 5.73 Å². The van der Waals surface area contributed by atoms with Gasteiger partial charge in [-0.1, -0.05) is 23.7 Å². The van der Waals surface area contributed by atoms with Gasteiger partial charge in [-0.15, -0.1) is 0 Å². The first-order chi connectivity index (χ1) is 9.19. The molecule has 3 unspecified atom stereocenters. The van der Waals surface area contributed by atoms with Gasteiger partial charge in [0.1, 0.15) is 0 Å². The van der Waals surface area contributed by atoms with Crippen molar-refractivity contribution in [3.8, 4) is 0 Å². The smallest absolute Gasteiger partial charge is 0.0783 e. The van der Waals surface area contributed by atoms with Gasteiger partial charge < -0.3 is 10.5 Å². The molecule has 3 atom stereocenters. The van der Waals surface area contributed by atoms with E-state index in [0.717, 1.165) is 35.8 Å². The molecule has 2 nitrogen and oxygen atoms in total. The highest BCUT2D eigenvalue weighted by Gasteiger charge is 2.42. The first-order valence-corrected chi connectivity index (χ1v) is 8.45. The van der Waals surface area contributed by atoms with E-state index in [1.807, 2.05) is 30.0 Å². The summed E-state index contributed by atoms with van der Waals surface area (Å²) in [6.45, 7) is 0.847. The Bertz CT molecular complexity index is 448. The second-order valence-corrected chi connectivity index (χ2v) is 7.21. The molecule has 1 aromatic rings. The van der Waals surface area contributed by atoms with E-state index in [4.69, 9.17) is 22.1 Å². The van der Waals surface area contributed by atoms with Crippen molar-refractivity contribution >= 4 is 23.4 Å². The van der Waals surface area contributed by atoms with Gasteiger partial charge in [0.2, 0.25) is 0 Å². The minimum atomic E-state index is 0.0741. The third kappa shape index (κ3) is 2.94. The minimum Gasteiger partial charge on any atom is -0.374 e. The third-order valence-electron chi connectivity index (χ3n) is 4.34. The lowest BCUT2D eigenvalue weighted by atomic mass is 9.79. The van der Waals surface area contributed by atoms with Gasteiger partial charge in [-0.05, 0) is 48.6 Å². The molecule has 2 saturated heterocycles. The van der Waals surface area contributed by atoms with Crippen molar-refractivity contribution in [1.29, 1.82) is 0 Å². The highest BCUT2D eigenvalue weighted by atomic mass is 35.5. The van der Waals surface area contributed by atoms with Gasteiger partial charge in [-0.2, -0.15) is 11.8 Å². The van der Waals surface area contributed by atoms with E-state index in [-0.39, 0.29) is 11.6 Å². The molecule has 0 aliphatic carbocycles. The van der Waals surface area contributed by atoms with Crippen LogP contribution in [0.15, 0.2) is 24.3 Å². The van der Waals surface area contributed by atoms with E-state index in [2.05, 4.69) is 6.07 Å². The van der Waals surface area contributed by atoms with E-state index in [1.54, 1.807) is 0 Å². The molecule has 2 N–H and O–H groups in total. The lowest BCUT2D eigenvalue weighted by molar-refractivity contribution is -0.0834. The molecule has 3 rings (SSSR count). The van der Waals surface area contributed by atoms with Crippen molar-refractivity contribution in [3.63, 3.8) is 0 Å². The van der Waals surface area contributed by atoms with Crippen molar-refractivity contribution in [1.82, 2.24) is 0 Å². The SMILES string of the molecule is NC(c1cccc(Cl)c1)C1CCOC2(CCSC2)C1. The highest BCUT2D eigenvalue weighted by Crippen LogP contribution is 2.43. The first-order valence-electron chi connectivity index (χ1n) is 6.91. The van der Waals surface area contributed by atoms with Crippen LogP contribution in [-0.2, 0) is 4.74 Å². The van der Waals surface area contributed by atoms with E-state index in [9.17, 15) is 0 Å². The standard InChI is InChI=1S/C15H20ClNOS/c16-13-3-1-2-11(8-13)14(17)12-4-6-18-15(9-12)5-7-19-10-15/h1-3,8,12,14H,4-7,9-10,17H2. The van der Waals surface area contributed by atoms with Crippen molar-refractivity contribution in [2.24, 2.45) is 11.7 Å². The average molecular weight is 298 g/mol. The summed E-state index contributed by atoms with van der Waals surface area (Å²) in [5.74, 6) is 2.86. The summed E-state index contributed by atoms with van der Waals surface area (Å²) in [6, 6.07) is 8.04. The molecule has 0 saturated carbocycles. The maximum Gasteiger partial charge on any atom is 0.0783 e. The molecule has 1 aromatic carbocycles. The summed E-state index contributed by atoms with van der Waals surface area (Å²) in [5, 5.41) is 0.770. The van der Waals surface area contributed by atoms with Crippen LogP contribution >= 0.6 is 23.4 Å². The van der Waals surface area contributed by atoms with E-state index < -0.39 is 0 Å². The van der Waals surface area contributed by atoms with Crippen LogP contribution in [-0.4, -0.2) is 23.7 Å². The second kappa shape index (κ2) is 5.65. The maximum absolute atomic E-state index is 6.47. The molecule has 1 spiro atoms. The quantitative estimate of drug-likeness (QED) is 0.905. The van der Waals surface area contributed by atoms with Crippen LogP contribution in [0.3, 0.4) is 0 Å². The minimum absolute atomic E-state index is 0.0741. The summed E-state index contributed by atoms with van der Waals surface area (Å²) in [6.07, 6.45) is 3.32. The zero-order valence-corrected chi connectivity index (χ0v) is 12.6. The average Bonchev–Trinajstić information content (AvgIpc) is 2.86. The van der Waals surface area contributed by atoms with Crippen molar-refractivity contribution in [3.05, 3.63) is 34.9 Å². The molecule has 0 radical (unpaired) electrons. The Balaban J connectivity index is 1.74. The Morgan fingerprint density at radius 3 is 3.11 bits per heavy atom. The fourth-order valence-electron chi connectivity index (χ4n) is 3.22. The molecule has 0 amide bonds. The topological polar surface area (TPSA) is 35.2 Å². The van der Waals surface area contributed by atoms with Gasteiger partial charge in [0, 0.05) is 23.4 Å². The van der Waals surface area contributed by atoms with Gasteiger partial charge in [0.25, 0.3) is 0 Å². The lowest BCUT2D eigenvalue weighted by Crippen LogP contribution is -2.42. The number of nitrogens with two attached hydrogens (primary N) is 1. The normalized spacial score (nSPS) is 32.6. The molecule has 104 valence electrons. The van der Waals surface area contributed by atoms with Crippen LogP contribution in [0.1, 0.15) is 30.9 Å². The third-order valence-corrected chi connectivity index (χ3v) is 5.80. The zero-order chi connectivity index (χ0) is 13.3. The van der Waals surface area contributed by atoms with Gasteiger partial charge in [0.05, 0.1) is 5.60 Å². The molecular weight excluding hydrogens is 278 g/mol. The fourth-order valence-corrected chi connectivity index (χ4v) is 4.80. The summed E-state index contributed by atoms with van der Waals surface area (Å²) in [5.41, 5.74) is 7.72. The Hall–Kier alpha value is -0.220. The molecule has 2 heterocycles. The number of benzene rings is 1. The van der Waals surface area contributed by atoms with Crippen LogP contribution in [0.5, 0.6) is 0 Å². The molecule has 0 bridgehead atoms.